The molecule has 6 heteroatoms. The summed E-state index contributed by atoms with van der Waals surface area (Å²) in [4.78, 5) is 0. The van der Waals surface area contributed by atoms with Gasteiger partial charge < -0.3 is 0 Å². The zero-order valence-electron chi connectivity index (χ0n) is 2.76. The maximum absolute atomic E-state index is 0. The molecule has 3 radical (unpaired) electrons. The van der Waals surface area contributed by atoms with Crippen molar-refractivity contribution in [1.82, 2.24) is 0 Å². The van der Waals surface area contributed by atoms with Crippen LogP contribution in [0.5, 0.6) is 0 Å². The fourth-order valence-electron chi connectivity index (χ4n) is 0. The molecule has 0 saturated heterocycles. The normalized spacial score (nSPS) is 0. The van der Waals surface area contributed by atoms with E-state index in [0.717, 1.165) is 0 Å². The molecule has 37 valence electrons. The van der Waals surface area contributed by atoms with Gasteiger partial charge in [0.25, 0.3) is 0 Å². The molecule has 0 N–H and O–H groups in total. The first kappa shape index (κ1) is 45.3. The molecule has 0 atom stereocenters. The Bertz CT molecular complexity index is 10.8. The van der Waals surface area contributed by atoms with Crippen LogP contribution in [0.4, 0.5) is 0 Å². The second-order valence-electron chi connectivity index (χ2n) is 0. The van der Waals surface area contributed by atoms with E-state index in [1.165, 1.54) is 0 Å². The topological polar surface area (TPSA) is 0 Å². The van der Waals surface area contributed by atoms with Crippen LogP contribution in [0, 0.1) is 85.0 Å². The summed E-state index contributed by atoms with van der Waals surface area (Å²) in [7, 11) is 0. The molecule has 0 fully saturated rings. The van der Waals surface area contributed by atoms with Crippen LogP contribution in [-0.4, -0.2) is 0 Å². The predicted molar refractivity (Wildman–Crippen MR) is 21.7 cm³/mol. The van der Waals surface area contributed by atoms with Gasteiger partial charge in [-0.25, -0.2) is 0 Å². The molecule has 0 aliphatic heterocycles. The largest absolute Gasteiger partial charge is 0.147 e. The van der Waals surface area contributed by atoms with E-state index >= 15 is 0 Å². The van der Waals surface area contributed by atoms with Gasteiger partial charge in [-0.3, -0.25) is 0 Å². The van der Waals surface area contributed by atoms with Gasteiger partial charge in [0.1, 0.15) is 0 Å². The first-order chi connectivity index (χ1) is 0. The van der Waals surface area contributed by atoms with Crippen molar-refractivity contribution in [3.05, 3.63) is 0 Å². The molecule has 0 aromatic rings. The Morgan fingerprint density at radius 2 is 0.667 bits per heavy atom. The summed E-state index contributed by atoms with van der Waals surface area (Å²) in [6.45, 7) is 0. The van der Waals surface area contributed by atoms with Gasteiger partial charge >= 0.3 is 0 Å². The predicted octanol–water partition coefficient (Wildman–Crippen LogP) is 1.26. The molecule has 0 nitrogen and oxygen atoms in total. The van der Waals surface area contributed by atoms with Crippen LogP contribution in [0.3, 0.4) is 0 Å². The molecule has 0 spiro atoms. The molecule has 0 bridgehead atoms. The van der Waals surface area contributed by atoms with Gasteiger partial charge in [0, 0.05) is 118 Å². The van der Waals surface area contributed by atoms with E-state index in [2.05, 4.69) is 0 Å². The van der Waals surface area contributed by atoms with Crippen molar-refractivity contribution in [3.8, 4) is 0 Å². The van der Waals surface area contributed by atoms with Gasteiger partial charge in [0.05, 0.1) is 0 Å². The second-order valence-corrected chi connectivity index (χ2v) is 0. The summed E-state index contributed by atoms with van der Waals surface area (Å²) in [5, 5.41) is 0. The fourth-order valence-corrected chi connectivity index (χ4v) is 0. The van der Waals surface area contributed by atoms with Crippen LogP contribution in [0.25, 0.3) is 0 Å². The van der Waals surface area contributed by atoms with Crippen molar-refractivity contribution < 1.29 is 118 Å². The minimum Gasteiger partial charge on any atom is -0.147 e. The molecule has 0 aliphatic carbocycles. The molecule has 0 saturated carbocycles. The van der Waals surface area contributed by atoms with E-state index in [4.69, 9.17) is 0 Å². The SMILES string of the molecule is Cl.Cl.Cl.[Eu].[La].[Y]. The van der Waals surface area contributed by atoms with Crippen LogP contribution < -0.4 is 0 Å². The quantitative estimate of drug-likeness (QED) is 0.481. The molecule has 0 aromatic heterocycles. The summed E-state index contributed by atoms with van der Waals surface area (Å²) < 4.78 is 0. The van der Waals surface area contributed by atoms with Crippen LogP contribution in [-0.2, 0) is 32.7 Å². The van der Waals surface area contributed by atoms with Crippen molar-refractivity contribution >= 4 is 37.2 Å². The summed E-state index contributed by atoms with van der Waals surface area (Å²) in [6, 6.07) is 0. The van der Waals surface area contributed by atoms with Crippen molar-refractivity contribution in [2.75, 3.05) is 0 Å². The third kappa shape index (κ3) is 23.3. The van der Waals surface area contributed by atoms with Gasteiger partial charge in [0.15, 0.2) is 0 Å². The maximum atomic E-state index is 0. The zero-order chi connectivity index (χ0) is 0. The molecule has 6 heavy (non-hydrogen) atoms. The van der Waals surface area contributed by atoms with Gasteiger partial charge in [0.2, 0.25) is 0 Å². The van der Waals surface area contributed by atoms with Crippen LogP contribution >= 0.6 is 37.2 Å². The summed E-state index contributed by atoms with van der Waals surface area (Å²) in [6.07, 6.45) is 0. The van der Waals surface area contributed by atoms with Gasteiger partial charge in [-0.05, 0) is 0 Å². The molecule has 0 aromatic carbocycles. The fraction of sp³-hybridized carbons (Fsp3) is 0. The van der Waals surface area contributed by atoms with E-state index in [0.29, 0.717) is 0 Å². The van der Waals surface area contributed by atoms with Crippen LogP contribution in [0.2, 0.25) is 0 Å². The minimum absolute atomic E-state index is 0. The first-order valence-electron chi connectivity index (χ1n) is 0. The molecule has 0 aliphatic rings. The Morgan fingerprint density at radius 3 is 0.667 bits per heavy atom. The molecule has 0 heterocycles. The monoisotopic (exact) mass is 489 g/mol. The van der Waals surface area contributed by atoms with Crippen molar-refractivity contribution in [2.24, 2.45) is 0 Å². The number of rotatable bonds is 0. The van der Waals surface area contributed by atoms with Crippen molar-refractivity contribution in [2.45, 2.75) is 0 Å². The number of hydrogen-bond donors (Lipinski definition) is 0. The van der Waals surface area contributed by atoms with Crippen molar-refractivity contribution in [3.63, 3.8) is 0 Å². The Kier molecular flexibility index (Phi) is 250. The van der Waals surface area contributed by atoms with E-state index in [1.54, 1.807) is 0 Å². The average molecular weight is 489 g/mol. The second kappa shape index (κ2) is 33.1. The summed E-state index contributed by atoms with van der Waals surface area (Å²) >= 11 is 0. The molecule has 0 amide bonds. The Balaban J connectivity index is 0. The van der Waals surface area contributed by atoms with Crippen molar-refractivity contribution in [1.29, 1.82) is 0 Å². The summed E-state index contributed by atoms with van der Waals surface area (Å²) in [5.41, 5.74) is 0. The third-order valence-electron chi connectivity index (χ3n) is 0. The van der Waals surface area contributed by atoms with E-state index in [-0.39, 0.29) is 155 Å². The average Bonchev–Trinajstić information content (AvgIpc) is 0. The van der Waals surface area contributed by atoms with E-state index < -0.39 is 0 Å². The van der Waals surface area contributed by atoms with Crippen LogP contribution in [0.1, 0.15) is 0 Å². The first-order valence-corrected chi connectivity index (χ1v) is 0. The number of halogens is 3. The Hall–Kier alpha value is 4.75. The van der Waals surface area contributed by atoms with Crippen LogP contribution in [0.15, 0.2) is 0 Å². The molecule has 0 unspecified atom stereocenters. The minimum atomic E-state index is 0. The third-order valence-corrected chi connectivity index (χ3v) is 0. The Labute approximate surface area is 150 Å². The summed E-state index contributed by atoms with van der Waals surface area (Å²) in [5.74, 6) is 0. The standard InChI is InChI=1S/3ClH.Eu.La.Y/h3*1H;;;. The molecular formula is H3Cl3EuLaY. The molecule has 0 rings (SSSR count). The number of hydrogen-bond acceptors (Lipinski definition) is 0. The smallest absolute Gasteiger partial charge is 0 e. The zero-order valence-corrected chi connectivity index (χ0v) is 14.1. The maximum Gasteiger partial charge on any atom is 0 e. The van der Waals surface area contributed by atoms with Gasteiger partial charge in [-0.2, -0.15) is 0 Å². The molecular weight excluding hydrogens is 486 g/mol. The van der Waals surface area contributed by atoms with Gasteiger partial charge in [-0.1, -0.05) is 0 Å². The van der Waals surface area contributed by atoms with Gasteiger partial charge in [-0.15, -0.1) is 37.2 Å². The van der Waals surface area contributed by atoms with E-state index in [1.807, 2.05) is 0 Å². The van der Waals surface area contributed by atoms with E-state index in [9.17, 15) is 0 Å². The Morgan fingerprint density at radius 1 is 0.667 bits per heavy atom.